The normalized spacial score (nSPS) is 14.1. The van der Waals surface area contributed by atoms with Gasteiger partial charge in [-0.2, -0.15) is 0 Å². The maximum Gasteiger partial charge on any atom is 0.243 e. The van der Waals surface area contributed by atoms with Gasteiger partial charge in [-0.25, -0.2) is 15.0 Å². The van der Waals surface area contributed by atoms with Crippen LogP contribution >= 0.6 is 0 Å². The van der Waals surface area contributed by atoms with E-state index in [0.29, 0.717) is 23.8 Å². The molecule has 1 amide bonds. The Morgan fingerprint density at radius 1 is 1.05 bits per heavy atom. The third-order valence-electron chi connectivity index (χ3n) is 7.41. The van der Waals surface area contributed by atoms with Gasteiger partial charge in [0.2, 0.25) is 5.91 Å². The number of nitrogens with one attached hydrogen (secondary N) is 1. The topological polar surface area (TPSA) is 125 Å². The molecule has 0 aliphatic heterocycles. The maximum atomic E-state index is 11.6. The highest BCUT2D eigenvalue weighted by molar-refractivity contribution is 5.87. The number of pyridine rings is 2. The fraction of sp³-hybridized carbons (Fsp3) is 0.161. The molecule has 1 saturated carbocycles. The average molecular weight is 516 g/mol. The first-order chi connectivity index (χ1) is 18.9. The number of rotatable bonds is 7. The third-order valence-corrected chi connectivity index (χ3v) is 7.41. The number of anilines is 1. The van der Waals surface area contributed by atoms with Crippen molar-refractivity contribution in [3.63, 3.8) is 0 Å². The van der Waals surface area contributed by atoms with E-state index in [1.165, 1.54) is 6.08 Å². The summed E-state index contributed by atoms with van der Waals surface area (Å²) >= 11 is 0. The molecule has 194 valence electrons. The summed E-state index contributed by atoms with van der Waals surface area (Å²) in [6.07, 6.45) is 6.08. The van der Waals surface area contributed by atoms with E-state index in [2.05, 4.69) is 41.1 Å². The van der Waals surface area contributed by atoms with Gasteiger partial charge in [-0.15, -0.1) is 0 Å². The molecule has 0 spiro atoms. The van der Waals surface area contributed by atoms with Crippen LogP contribution in [0.3, 0.4) is 0 Å². The predicted molar refractivity (Wildman–Crippen MR) is 154 cm³/mol. The number of hydrogen-bond acceptors (Lipinski definition) is 6. The quantitative estimate of drug-likeness (QED) is 0.266. The van der Waals surface area contributed by atoms with Gasteiger partial charge in [0.25, 0.3) is 0 Å². The van der Waals surface area contributed by atoms with Crippen LogP contribution < -0.4 is 16.8 Å². The van der Waals surface area contributed by atoms with Crippen molar-refractivity contribution in [1.82, 2.24) is 24.8 Å². The van der Waals surface area contributed by atoms with Crippen LogP contribution in [0.4, 0.5) is 5.82 Å². The summed E-state index contributed by atoms with van der Waals surface area (Å²) in [6, 6.07) is 24.0. The maximum absolute atomic E-state index is 11.6. The number of hydrogen-bond donors (Lipinski definition) is 3. The highest BCUT2D eigenvalue weighted by Crippen LogP contribution is 2.39. The van der Waals surface area contributed by atoms with Gasteiger partial charge in [0.15, 0.2) is 11.5 Å². The summed E-state index contributed by atoms with van der Waals surface area (Å²) in [5.41, 5.74) is 19.5. The smallest absolute Gasteiger partial charge is 0.243 e. The fourth-order valence-electron chi connectivity index (χ4n) is 5.04. The summed E-state index contributed by atoms with van der Waals surface area (Å²) in [6.45, 7) is 3.91. The van der Waals surface area contributed by atoms with Gasteiger partial charge < -0.3 is 16.8 Å². The van der Waals surface area contributed by atoms with E-state index >= 15 is 0 Å². The minimum atomic E-state index is -0.242. The Morgan fingerprint density at radius 2 is 1.87 bits per heavy atom. The largest absolute Gasteiger partial charge is 0.383 e. The van der Waals surface area contributed by atoms with Gasteiger partial charge in [0.1, 0.15) is 11.3 Å². The van der Waals surface area contributed by atoms with Crippen LogP contribution in [-0.2, 0) is 16.9 Å². The van der Waals surface area contributed by atoms with Gasteiger partial charge in [0.05, 0.1) is 11.3 Å². The van der Waals surface area contributed by atoms with Crippen molar-refractivity contribution in [3.05, 3.63) is 103 Å². The van der Waals surface area contributed by atoms with E-state index in [-0.39, 0.29) is 11.4 Å². The molecule has 1 fully saturated rings. The second kappa shape index (κ2) is 9.81. The SMILES string of the molecule is C=CC(=O)NCc1cccc(-c2ccc3nc(-c4cccnc4N)n(-c4ccc(C5(N)CCC5)cc4)c3n2)c1. The van der Waals surface area contributed by atoms with E-state index in [9.17, 15) is 4.79 Å². The van der Waals surface area contributed by atoms with E-state index in [1.54, 1.807) is 6.20 Å². The Bertz CT molecular complexity index is 1700. The monoisotopic (exact) mass is 515 g/mol. The molecule has 0 saturated heterocycles. The molecule has 1 aliphatic carbocycles. The number of aromatic nitrogens is 4. The lowest BCUT2D eigenvalue weighted by molar-refractivity contribution is -0.116. The lowest BCUT2D eigenvalue weighted by Gasteiger charge is -2.38. The van der Waals surface area contributed by atoms with Crippen molar-refractivity contribution in [3.8, 4) is 28.3 Å². The predicted octanol–water partition coefficient (Wildman–Crippen LogP) is 4.87. The van der Waals surface area contributed by atoms with Crippen LogP contribution in [0.2, 0.25) is 0 Å². The zero-order valence-electron chi connectivity index (χ0n) is 21.5. The minimum Gasteiger partial charge on any atom is -0.383 e. The zero-order valence-corrected chi connectivity index (χ0v) is 21.5. The number of carbonyl (C=O) groups is 1. The number of amides is 1. The summed E-state index contributed by atoms with van der Waals surface area (Å²) in [5.74, 6) is 0.852. The Kier molecular flexibility index (Phi) is 6.17. The number of nitrogens with two attached hydrogens (primary N) is 2. The van der Waals surface area contributed by atoms with Gasteiger partial charge in [0, 0.05) is 29.5 Å². The Hall–Kier alpha value is -4.82. The van der Waals surface area contributed by atoms with Crippen LogP contribution in [0.1, 0.15) is 30.4 Å². The lowest BCUT2D eigenvalue weighted by atomic mass is 9.73. The molecular formula is C31H29N7O. The molecular weight excluding hydrogens is 486 g/mol. The molecule has 5 aromatic rings. The summed E-state index contributed by atoms with van der Waals surface area (Å²) in [7, 11) is 0. The number of imidazole rings is 1. The number of fused-ring (bicyclic) bond motifs is 1. The van der Waals surface area contributed by atoms with Crippen LogP contribution in [0.15, 0.2) is 91.6 Å². The minimum absolute atomic E-state index is 0.213. The van der Waals surface area contributed by atoms with Crippen molar-refractivity contribution in [2.75, 3.05) is 5.73 Å². The zero-order chi connectivity index (χ0) is 27.0. The molecule has 6 rings (SSSR count). The van der Waals surface area contributed by atoms with Crippen molar-refractivity contribution in [2.45, 2.75) is 31.3 Å². The first-order valence-electron chi connectivity index (χ1n) is 12.9. The number of nitrogen functional groups attached to an aromatic ring is 1. The van der Waals surface area contributed by atoms with E-state index < -0.39 is 0 Å². The first kappa shape index (κ1) is 24.5. The molecule has 0 unspecified atom stereocenters. The second-order valence-corrected chi connectivity index (χ2v) is 9.93. The molecule has 5 N–H and O–H groups in total. The Balaban J connectivity index is 1.47. The Morgan fingerprint density at radius 3 is 2.59 bits per heavy atom. The number of carbonyl (C=O) groups excluding carboxylic acids is 1. The van der Waals surface area contributed by atoms with E-state index in [0.717, 1.165) is 58.4 Å². The summed E-state index contributed by atoms with van der Waals surface area (Å²) < 4.78 is 2.02. The van der Waals surface area contributed by atoms with Gasteiger partial charge in [-0.05, 0) is 78.9 Å². The molecule has 8 nitrogen and oxygen atoms in total. The van der Waals surface area contributed by atoms with E-state index in [1.807, 2.05) is 53.1 Å². The highest BCUT2D eigenvalue weighted by Gasteiger charge is 2.34. The van der Waals surface area contributed by atoms with Gasteiger partial charge in [-0.1, -0.05) is 36.9 Å². The first-order valence-corrected chi connectivity index (χ1v) is 12.9. The molecule has 0 radical (unpaired) electrons. The summed E-state index contributed by atoms with van der Waals surface area (Å²) in [5, 5.41) is 2.82. The Labute approximate surface area is 226 Å². The fourth-order valence-corrected chi connectivity index (χ4v) is 5.04. The van der Waals surface area contributed by atoms with Crippen molar-refractivity contribution in [2.24, 2.45) is 5.73 Å². The standard InChI is InChI=1S/C31H29N7O/c1-2-27(39)35-19-20-6-3-7-21(18-20)25-13-14-26-30(36-25)38(29(37-26)24-8-4-17-34-28(24)32)23-11-9-22(10-12-23)31(33)15-5-16-31/h2-4,6-14,17-18H,1,5,15-16,19,33H2,(H2,32,34)(H,35,39). The van der Waals surface area contributed by atoms with Crippen LogP contribution in [0.25, 0.3) is 39.5 Å². The molecule has 1 aliphatic rings. The van der Waals surface area contributed by atoms with Crippen molar-refractivity contribution >= 4 is 22.9 Å². The number of nitrogens with zero attached hydrogens (tertiary/aromatic N) is 4. The van der Waals surface area contributed by atoms with Crippen molar-refractivity contribution < 1.29 is 4.79 Å². The highest BCUT2D eigenvalue weighted by atomic mass is 16.1. The summed E-state index contributed by atoms with van der Waals surface area (Å²) in [4.78, 5) is 25.9. The number of benzene rings is 2. The van der Waals surface area contributed by atoms with Crippen LogP contribution in [0, 0.1) is 0 Å². The molecule has 39 heavy (non-hydrogen) atoms. The van der Waals surface area contributed by atoms with E-state index in [4.69, 9.17) is 21.4 Å². The molecule has 8 heteroatoms. The van der Waals surface area contributed by atoms with Crippen LogP contribution in [-0.4, -0.2) is 25.4 Å². The average Bonchev–Trinajstić information content (AvgIpc) is 3.33. The second-order valence-electron chi connectivity index (χ2n) is 9.93. The molecule has 2 aromatic carbocycles. The molecule has 3 aromatic heterocycles. The molecule has 3 heterocycles. The third kappa shape index (κ3) is 4.55. The molecule has 0 atom stereocenters. The van der Waals surface area contributed by atoms with Gasteiger partial charge in [-0.3, -0.25) is 9.36 Å². The van der Waals surface area contributed by atoms with Crippen molar-refractivity contribution in [1.29, 1.82) is 0 Å². The molecule has 0 bridgehead atoms. The van der Waals surface area contributed by atoms with Crippen LogP contribution in [0.5, 0.6) is 0 Å². The lowest BCUT2D eigenvalue weighted by Crippen LogP contribution is -2.43. The van der Waals surface area contributed by atoms with Gasteiger partial charge >= 0.3 is 0 Å².